The Bertz CT molecular complexity index is 803. The largest absolute Gasteiger partial charge is 0.462 e. The van der Waals surface area contributed by atoms with Crippen molar-refractivity contribution in [1.82, 2.24) is 0 Å². The Balaban J connectivity index is 1.78. The fourth-order valence-electron chi connectivity index (χ4n) is 3.17. The van der Waals surface area contributed by atoms with E-state index in [-0.39, 0.29) is 17.7 Å². The molecule has 0 saturated carbocycles. The van der Waals surface area contributed by atoms with Crippen molar-refractivity contribution in [2.75, 3.05) is 13.2 Å². The Hall–Kier alpha value is -2.33. The fraction of sp³-hybridized carbons (Fsp3) is 0.440. The van der Waals surface area contributed by atoms with Crippen LogP contribution in [0.5, 0.6) is 0 Å². The molecule has 0 fully saturated rings. The number of carbonyl (C=O) groups is 2. The minimum atomic E-state index is -0.527. The highest BCUT2D eigenvalue weighted by molar-refractivity contribution is 6.30. The zero-order chi connectivity index (χ0) is 21.6. The van der Waals surface area contributed by atoms with E-state index in [2.05, 4.69) is 6.92 Å². The summed E-state index contributed by atoms with van der Waals surface area (Å²) < 4.78 is 10.7. The lowest BCUT2D eigenvalue weighted by Crippen LogP contribution is -2.15. The van der Waals surface area contributed by atoms with Crippen LogP contribution >= 0.6 is 11.6 Å². The van der Waals surface area contributed by atoms with Crippen molar-refractivity contribution < 1.29 is 19.1 Å². The van der Waals surface area contributed by atoms with Gasteiger partial charge in [-0.25, -0.2) is 9.59 Å². The third-order valence-electron chi connectivity index (χ3n) is 4.86. The highest BCUT2D eigenvalue weighted by Crippen LogP contribution is 2.15. The van der Waals surface area contributed by atoms with Crippen molar-refractivity contribution in [3.8, 4) is 0 Å². The van der Waals surface area contributed by atoms with Crippen molar-refractivity contribution >= 4 is 23.5 Å². The summed E-state index contributed by atoms with van der Waals surface area (Å²) in [6, 6.07) is 14.0. The van der Waals surface area contributed by atoms with Gasteiger partial charge >= 0.3 is 11.9 Å². The zero-order valence-corrected chi connectivity index (χ0v) is 18.5. The van der Waals surface area contributed by atoms with Crippen LogP contribution in [0.4, 0.5) is 0 Å². The molecule has 4 nitrogen and oxygen atoms in total. The number of hydrogen-bond acceptors (Lipinski definition) is 4. The Morgan fingerprint density at radius 2 is 1.37 bits per heavy atom. The summed E-state index contributed by atoms with van der Waals surface area (Å²) in [7, 11) is 0. The van der Waals surface area contributed by atoms with E-state index < -0.39 is 11.9 Å². The summed E-state index contributed by atoms with van der Waals surface area (Å²) >= 11 is 5.97. The van der Waals surface area contributed by atoms with Gasteiger partial charge in [-0.15, -0.1) is 0 Å². The van der Waals surface area contributed by atoms with Gasteiger partial charge in [0.2, 0.25) is 0 Å². The first kappa shape index (κ1) is 23.9. The number of halogens is 1. The smallest absolute Gasteiger partial charge is 0.339 e. The summed E-state index contributed by atoms with van der Waals surface area (Å²) in [5, 5.41) is 0.646. The molecule has 0 aromatic heterocycles. The molecule has 0 aliphatic carbocycles. The quantitative estimate of drug-likeness (QED) is 0.264. The van der Waals surface area contributed by atoms with Gasteiger partial charge in [-0.3, -0.25) is 0 Å². The Morgan fingerprint density at radius 1 is 0.767 bits per heavy atom. The van der Waals surface area contributed by atoms with E-state index in [1.54, 1.807) is 30.3 Å². The van der Waals surface area contributed by atoms with Gasteiger partial charge in [0.05, 0.1) is 24.3 Å². The molecular weight excluding hydrogens is 400 g/mol. The minimum Gasteiger partial charge on any atom is -0.462 e. The van der Waals surface area contributed by atoms with Crippen molar-refractivity contribution in [1.29, 1.82) is 0 Å². The van der Waals surface area contributed by atoms with Crippen LogP contribution in [-0.2, 0) is 15.9 Å². The predicted molar refractivity (Wildman–Crippen MR) is 120 cm³/mol. The maximum atomic E-state index is 12.5. The molecule has 30 heavy (non-hydrogen) atoms. The Labute approximate surface area is 184 Å². The molecule has 0 radical (unpaired) electrons. The number of hydrogen-bond donors (Lipinski definition) is 0. The number of esters is 2. The average molecular weight is 431 g/mol. The second kappa shape index (κ2) is 13.8. The molecule has 2 rings (SSSR count). The van der Waals surface area contributed by atoms with Gasteiger partial charge in [-0.2, -0.15) is 0 Å². The van der Waals surface area contributed by atoms with Gasteiger partial charge in [0.1, 0.15) is 0 Å². The number of benzene rings is 2. The van der Waals surface area contributed by atoms with Crippen LogP contribution in [0.1, 0.15) is 78.1 Å². The number of ether oxygens (including phenoxy) is 2. The summed E-state index contributed by atoms with van der Waals surface area (Å²) in [6.07, 6.45) is 8.61. The third-order valence-corrected chi connectivity index (χ3v) is 5.10. The predicted octanol–water partition coefficient (Wildman–Crippen LogP) is 6.65. The Kier molecular flexibility index (Phi) is 11.0. The van der Waals surface area contributed by atoms with Crippen molar-refractivity contribution in [3.05, 3.63) is 70.2 Å². The van der Waals surface area contributed by atoms with E-state index in [1.807, 2.05) is 18.2 Å². The van der Waals surface area contributed by atoms with Crippen LogP contribution in [-0.4, -0.2) is 25.2 Å². The zero-order valence-electron chi connectivity index (χ0n) is 17.7. The van der Waals surface area contributed by atoms with E-state index >= 15 is 0 Å². The van der Waals surface area contributed by atoms with Gasteiger partial charge in [0.15, 0.2) is 0 Å². The molecule has 0 N–H and O–H groups in total. The van der Waals surface area contributed by atoms with Crippen LogP contribution in [0, 0.1) is 0 Å². The van der Waals surface area contributed by atoms with Crippen molar-refractivity contribution in [3.63, 3.8) is 0 Å². The van der Waals surface area contributed by atoms with Crippen molar-refractivity contribution in [2.24, 2.45) is 0 Å². The lowest BCUT2D eigenvalue weighted by molar-refractivity contribution is 0.0455. The van der Waals surface area contributed by atoms with Gasteiger partial charge in [0, 0.05) is 11.4 Å². The topological polar surface area (TPSA) is 52.6 Å². The van der Waals surface area contributed by atoms with Gasteiger partial charge in [-0.05, 0) is 36.2 Å². The number of unbranched alkanes of at least 4 members (excludes halogenated alkanes) is 6. The normalized spacial score (nSPS) is 10.6. The van der Waals surface area contributed by atoms with E-state index in [1.165, 1.54) is 25.7 Å². The molecule has 0 unspecified atom stereocenters. The van der Waals surface area contributed by atoms with Crippen LogP contribution in [0.15, 0.2) is 48.5 Å². The van der Waals surface area contributed by atoms with Gasteiger partial charge in [0.25, 0.3) is 0 Å². The van der Waals surface area contributed by atoms with Gasteiger partial charge in [-0.1, -0.05) is 81.3 Å². The van der Waals surface area contributed by atoms with Crippen LogP contribution in [0.3, 0.4) is 0 Å². The molecule has 0 aliphatic rings. The maximum absolute atomic E-state index is 12.5. The number of rotatable bonds is 13. The molecule has 0 saturated heterocycles. The lowest BCUT2D eigenvalue weighted by atomic mass is 10.1. The second-order valence-corrected chi connectivity index (χ2v) is 7.76. The standard InChI is InChI=1S/C25H31ClO4/c1-2-3-4-5-6-7-10-17-29-24(27)22-14-8-9-15-23(22)25(28)30-18-16-20-12-11-13-21(26)19-20/h8-9,11-15,19H,2-7,10,16-18H2,1H3. The number of carbonyl (C=O) groups excluding carboxylic acids is 2. The SMILES string of the molecule is CCCCCCCCCOC(=O)c1ccccc1C(=O)OCCc1cccc(Cl)c1. The first-order chi connectivity index (χ1) is 14.6. The minimum absolute atomic E-state index is 0.209. The van der Waals surface area contributed by atoms with Crippen LogP contribution in [0.2, 0.25) is 5.02 Å². The Morgan fingerprint density at radius 3 is 2.00 bits per heavy atom. The van der Waals surface area contributed by atoms with Crippen LogP contribution in [0.25, 0.3) is 0 Å². The molecule has 0 bridgehead atoms. The molecule has 0 spiro atoms. The van der Waals surface area contributed by atoms with Crippen molar-refractivity contribution in [2.45, 2.75) is 58.3 Å². The summed E-state index contributed by atoms with van der Waals surface area (Å²) in [6.45, 7) is 2.78. The summed E-state index contributed by atoms with van der Waals surface area (Å²) in [5.74, 6) is -1.01. The molecule has 162 valence electrons. The van der Waals surface area contributed by atoms with Gasteiger partial charge < -0.3 is 9.47 Å². The highest BCUT2D eigenvalue weighted by atomic mass is 35.5. The maximum Gasteiger partial charge on any atom is 0.339 e. The van der Waals surface area contributed by atoms with E-state index in [4.69, 9.17) is 21.1 Å². The summed E-state index contributed by atoms with van der Waals surface area (Å²) in [4.78, 5) is 24.9. The van der Waals surface area contributed by atoms with E-state index in [0.717, 1.165) is 24.8 Å². The van der Waals surface area contributed by atoms with Crippen LogP contribution < -0.4 is 0 Å². The van der Waals surface area contributed by atoms with E-state index in [9.17, 15) is 9.59 Å². The molecule has 0 heterocycles. The van der Waals surface area contributed by atoms with E-state index in [0.29, 0.717) is 18.1 Å². The fourth-order valence-corrected chi connectivity index (χ4v) is 3.39. The average Bonchev–Trinajstić information content (AvgIpc) is 2.75. The first-order valence-electron chi connectivity index (χ1n) is 10.8. The molecule has 2 aromatic carbocycles. The molecule has 2 aromatic rings. The summed E-state index contributed by atoms with van der Waals surface area (Å²) in [5.41, 5.74) is 1.46. The third kappa shape index (κ3) is 8.58. The molecule has 5 heteroatoms. The molecule has 0 aliphatic heterocycles. The molecule has 0 atom stereocenters. The molecular formula is C25H31ClO4. The monoisotopic (exact) mass is 430 g/mol. The lowest BCUT2D eigenvalue weighted by Gasteiger charge is -2.10. The highest BCUT2D eigenvalue weighted by Gasteiger charge is 2.18. The second-order valence-electron chi connectivity index (χ2n) is 7.32. The molecule has 0 amide bonds. The first-order valence-corrected chi connectivity index (χ1v) is 11.2.